The zero-order valence-electron chi connectivity index (χ0n) is 13.5. The van der Waals surface area contributed by atoms with Gasteiger partial charge in [-0.1, -0.05) is 18.6 Å². The maximum atomic E-state index is 12.2. The van der Waals surface area contributed by atoms with Crippen LogP contribution in [0.1, 0.15) is 40.9 Å². The summed E-state index contributed by atoms with van der Waals surface area (Å²) >= 11 is 1.48. The first-order valence-electron chi connectivity index (χ1n) is 8.02. The molecule has 1 aromatic heterocycles. The number of carbonyl (C=O) groups is 1. The van der Waals surface area contributed by atoms with Crippen LogP contribution >= 0.6 is 23.7 Å². The van der Waals surface area contributed by atoms with Crippen molar-refractivity contribution in [3.05, 3.63) is 46.5 Å². The number of amides is 1. The van der Waals surface area contributed by atoms with Crippen LogP contribution in [0.4, 0.5) is 5.13 Å². The molecular weight excluding hydrogens is 344 g/mol. The smallest absolute Gasteiger partial charge is 0.257 e. The van der Waals surface area contributed by atoms with Crippen LogP contribution in [0.15, 0.2) is 29.6 Å². The summed E-state index contributed by atoms with van der Waals surface area (Å²) in [4.78, 5) is 19.2. The maximum absolute atomic E-state index is 12.2. The second-order valence-corrected chi connectivity index (χ2v) is 6.69. The van der Waals surface area contributed by atoms with Crippen LogP contribution in [0.5, 0.6) is 0 Å². The highest BCUT2D eigenvalue weighted by Gasteiger charge is 2.13. The van der Waals surface area contributed by atoms with Crippen molar-refractivity contribution >= 4 is 34.8 Å². The van der Waals surface area contributed by atoms with Crippen LogP contribution in [-0.4, -0.2) is 28.9 Å². The largest absolute Gasteiger partial charge is 0.326 e. The van der Waals surface area contributed by atoms with E-state index in [1.54, 1.807) is 12.1 Å². The van der Waals surface area contributed by atoms with Gasteiger partial charge in [-0.25, -0.2) is 4.98 Å². The van der Waals surface area contributed by atoms with Crippen LogP contribution in [0.2, 0.25) is 0 Å². The van der Waals surface area contributed by atoms with E-state index >= 15 is 0 Å². The number of thiazole rings is 1. The lowest BCUT2D eigenvalue weighted by molar-refractivity contribution is 0.102. The molecular formula is C17H23ClN4OS. The van der Waals surface area contributed by atoms with E-state index in [0.717, 1.165) is 30.9 Å². The fourth-order valence-corrected chi connectivity index (χ4v) is 3.44. The van der Waals surface area contributed by atoms with Crippen molar-refractivity contribution < 1.29 is 4.79 Å². The van der Waals surface area contributed by atoms with Crippen molar-refractivity contribution in [1.82, 2.24) is 9.88 Å². The van der Waals surface area contributed by atoms with Crippen molar-refractivity contribution in [2.24, 2.45) is 5.73 Å². The Bertz CT molecular complexity index is 653. The predicted molar refractivity (Wildman–Crippen MR) is 101 cm³/mol. The number of piperidine rings is 1. The maximum Gasteiger partial charge on any atom is 0.257 e. The molecule has 0 saturated carbocycles. The summed E-state index contributed by atoms with van der Waals surface area (Å²) in [7, 11) is 0. The SMILES string of the molecule is Cl.NCc1ccc(C(=O)Nc2nc(CN3CCCCC3)cs2)cc1. The van der Waals surface area contributed by atoms with E-state index in [1.807, 2.05) is 17.5 Å². The minimum absolute atomic E-state index is 0. The third-order valence-electron chi connectivity index (χ3n) is 4.06. The molecule has 130 valence electrons. The van der Waals surface area contributed by atoms with Gasteiger partial charge < -0.3 is 5.73 Å². The van der Waals surface area contributed by atoms with E-state index in [-0.39, 0.29) is 18.3 Å². The second kappa shape index (κ2) is 9.13. The summed E-state index contributed by atoms with van der Waals surface area (Å²) in [5.41, 5.74) is 8.23. The van der Waals surface area contributed by atoms with E-state index in [9.17, 15) is 4.79 Å². The Morgan fingerprint density at radius 2 is 1.92 bits per heavy atom. The number of hydrogen-bond donors (Lipinski definition) is 2. The van der Waals surface area contributed by atoms with Gasteiger partial charge in [0.05, 0.1) is 5.69 Å². The van der Waals surface area contributed by atoms with Gasteiger partial charge in [0.25, 0.3) is 5.91 Å². The standard InChI is InChI=1S/C17H22N4OS.ClH/c18-10-13-4-6-14(7-5-13)16(22)20-17-19-15(12-23-17)11-21-8-2-1-3-9-21;/h4-7,12H,1-3,8-11,18H2,(H,19,20,22);1H. The molecule has 0 atom stereocenters. The van der Waals surface area contributed by atoms with Crippen molar-refractivity contribution in [2.45, 2.75) is 32.4 Å². The first-order chi connectivity index (χ1) is 11.2. The van der Waals surface area contributed by atoms with Gasteiger partial charge in [-0.15, -0.1) is 23.7 Å². The van der Waals surface area contributed by atoms with E-state index in [2.05, 4.69) is 15.2 Å². The van der Waals surface area contributed by atoms with Crippen molar-refractivity contribution in [1.29, 1.82) is 0 Å². The molecule has 3 N–H and O–H groups in total. The Morgan fingerprint density at radius 3 is 2.58 bits per heavy atom. The number of carbonyl (C=O) groups excluding carboxylic acids is 1. The zero-order valence-corrected chi connectivity index (χ0v) is 15.2. The number of likely N-dealkylation sites (tertiary alicyclic amines) is 1. The Hall–Kier alpha value is -1.47. The first-order valence-corrected chi connectivity index (χ1v) is 8.89. The van der Waals surface area contributed by atoms with Crippen LogP contribution in [0.25, 0.3) is 0 Å². The normalized spacial score (nSPS) is 14.9. The summed E-state index contributed by atoms with van der Waals surface area (Å²) in [6, 6.07) is 7.33. The Labute approximate surface area is 152 Å². The Balaban J connectivity index is 0.00000208. The zero-order chi connectivity index (χ0) is 16.1. The van der Waals surface area contributed by atoms with Gasteiger partial charge >= 0.3 is 0 Å². The molecule has 0 unspecified atom stereocenters. The average Bonchev–Trinajstić information content (AvgIpc) is 3.02. The van der Waals surface area contributed by atoms with Crippen LogP contribution in [-0.2, 0) is 13.1 Å². The van der Waals surface area contributed by atoms with Gasteiger partial charge in [-0.3, -0.25) is 15.0 Å². The topological polar surface area (TPSA) is 71.2 Å². The summed E-state index contributed by atoms with van der Waals surface area (Å²) in [5, 5.41) is 5.56. The summed E-state index contributed by atoms with van der Waals surface area (Å²) < 4.78 is 0. The third kappa shape index (κ3) is 5.01. The number of anilines is 1. The fraction of sp³-hybridized carbons (Fsp3) is 0.412. The average molecular weight is 367 g/mol. The predicted octanol–water partition coefficient (Wildman–Crippen LogP) is 3.26. The number of hydrogen-bond acceptors (Lipinski definition) is 5. The summed E-state index contributed by atoms with van der Waals surface area (Å²) in [5.74, 6) is -0.132. The van der Waals surface area contributed by atoms with Gasteiger partial charge in [0.1, 0.15) is 0 Å². The lowest BCUT2D eigenvalue weighted by atomic mass is 10.1. The molecule has 5 nitrogen and oxygen atoms in total. The number of halogens is 1. The Morgan fingerprint density at radius 1 is 1.21 bits per heavy atom. The molecule has 1 aliphatic heterocycles. The molecule has 0 spiro atoms. The van der Waals surface area contributed by atoms with E-state index in [1.165, 1.54) is 30.6 Å². The first kappa shape index (κ1) is 18.9. The van der Waals surface area contributed by atoms with E-state index < -0.39 is 0 Å². The van der Waals surface area contributed by atoms with Crippen LogP contribution < -0.4 is 11.1 Å². The third-order valence-corrected chi connectivity index (χ3v) is 4.86. The number of nitrogens with two attached hydrogens (primary N) is 1. The molecule has 1 aliphatic rings. The van der Waals surface area contributed by atoms with Crippen molar-refractivity contribution in [2.75, 3.05) is 18.4 Å². The highest BCUT2D eigenvalue weighted by Crippen LogP contribution is 2.19. The number of aromatic nitrogens is 1. The highest BCUT2D eigenvalue weighted by atomic mass is 35.5. The van der Waals surface area contributed by atoms with Crippen LogP contribution in [0, 0.1) is 0 Å². The summed E-state index contributed by atoms with van der Waals surface area (Å²) in [6.07, 6.45) is 3.87. The minimum atomic E-state index is -0.132. The second-order valence-electron chi connectivity index (χ2n) is 5.84. The molecule has 1 amide bonds. The van der Waals surface area contributed by atoms with E-state index in [4.69, 9.17) is 5.73 Å². The molecule has 1 saturated heterocycles. The van der Waals surface area contributed by atoms with Gasteiger partial charge in [-0.05, 0) is 43.6 Å². The van der Waals surface area contributed by atoms with Gasteiger partial charge in [0.2, 0.25) is 0 Å². The molecule has 0 aliphatic carbocycles. The molecule has 1 aromatic carbocycles. The summed E-state index contributed by atoms with van der Waals surface area (Å²) in [6.45, 7) is 3.64. The van der Waals surface area contributed by atoms with Crippen molar-refractivity contribution in [3.8, 4) is 0 Å². The number of rotatable bonds is 5. The van der Waals surface area contributed by atoms with Crippen LogP contribution in [0.3, 0.4) is 0 Å². The number of benzene rings is 1. The quantitative estimate of drug-likeness (QED) is 0.852. The molecule has 1 fully saturated rings. The molecule has 3 rings (SSSR count). The molecule has 7 heteroatoms. The van der Waals surface area contributed by atoms with Gasteiger partial charge in [0.15, 0.2) is 5.13 Å². The lowest BCUT2D eigenvalue weighted by Gasteiger charge is -2.25. The molecule has 0 radical (unpaired) electrons. The monoisotopic (exact) mass is 366 g/mol. The lowest BCUT2D eigenvalue weighted by Crippen LogP contribution is -2.29. The minimum Gasteiger partial charge on any atom is -0.326 e. The number of nitrogens with one attached hydrogen (secondary N) is 1. The van der Waals surface area contributed by atoms with Gasteiger partial charge in [0, 0.05) is 24.0 Å². The van der Waals surface area contributed by atoms with E-state index in [0.29, 0.717) is 17.2 Å². The Kier molecular flexibility index (Phi) is 7.17. The molecule has 0 bridgehead atoms. The highest BCUT2D eigenvalue weighted by molar-refractivity contribution is 7.13. The van der Waals surface area contributed by atoms with Gasteiger partial charge in [-0.2, -0.15) is 0 Å². The fourth-order valence-electron chi connectivity index (χ4n) is 2.75. The molecule has 2 aromatic rings. The molecule has 24 heavy (non-hydrogen) atoms. The van der Waals surface area contributed by atoms with Crippen molar-refractivity contribution in [3.63, 3.8) is 0 Å². The number of nitrogens with zero attached hydrogens (tertiary/aromatic N) is 2. The molecule has 2 heterocycles.